The van der Waals surface area contributed by atoms with E-state index in [1.54, 1.807) is 0 Å². The normalized spacial score (nSPS) is 11.0. The van der Waals surface area contributed by atoms with Crippen molar-refractivity contribution in [3.05, 3.63) is 54.2 Å². The van der Waals surface area contributed by atoms with Gasteiger partial charge < -0.3 is 0 Å². The lowest BCUT2D eigenvalue weighted by Crippen LogP contribution is -1.85. The van der Waals surface area contributed by atoms with Gasteiger partial charge in [-0.05, 0) is 30.2 Å². The summed E-state index contributed by atoms with van der Waals surface area (Å²) in [7, 11) is 0. The van der Waals surface area contributed by atoms with Crippen molar-refractivity contribution >= 4 is 23.1 Å². The Bertz CT molecular complexity index is 524. The van der Waals surface area contributed by atoms with Crippen LogP contribution in [0.3, 0.4) is 0 Å². The Kier molecular flexibility index (Phi) is 2.64. The zero-order valence-corrected chi connectivity index (χ0v) is 8.77. The lowest BCUT2D eigenvalue weighted by Gasteiger charge is -2.05. The fourth-order valence-electron chi connectivity index (χ4n) is 1.72. The summed E-state index contributed by atoms with van der Waals surface area (Å²) in [4.78, 5) is 4.33. The first-order valence-corrected chi connectivity index (χ1v) is 4.99. The summed E-state index contributed by atoms with van der Waals surface area (Å²) in [6.45, 7) is 5.84. The number of nitrogens with zero attached hydrogens (tertiary/aromatic N) is 1. The quantitative estimate of drug-likeness (QED) is 0.708. The van der Waals surface area contributed by atoms with Crippen molar-refractivity contribution in [2.24, 2.45) is 0 Å². The molecule has 2 aromatic rings. The van der Waals surface area contributed by atoms with Gasteiger partial charge in [-0.25, -0.2) is 0 Å². The van der Waals surface area contributed by atoms with Gasteiger partial charge in [-0.1, -0.05) is 36.9 Å². The third-order valence-electron chi connectivity index (χ3n) is 2.41. The summed E-state index contributed by atoms with van der Waals surface area (Å²) < 4.78 is 0. The third-order valence-corrected chi connectivity index (χ3v) is 2.41. The topological polar surface area (TPSA) is 12.9 Å². The van der Waals surface area contributed by atoms with Crippen LogP contribution in [-0.2, 0) is 0 Å². The predicted molar refractivity (Wildman–Crippen MR) is 66.5 cm³/mol. The van der Waals surface area contributed by atoms with Crippen LogP contribution in [0.5, 0.6) is 0 Å². The molecule has 0 N–H and O–H groups in total. The summed E-state index contributed by atoms with van der Waals surface area (Å²) in [5.41, 5.74) is 3.36. The SMILES string of the molecule is C=Cc1ccc2ncccc2c1/C=C\C. The summed E-state index contributed by atoms with van der Waals surface area (Å²) in [5, 5.41) is 1.17. The Hall–Kier alpha value is -1.89. The van der Waals surface area contributed by atoms with Gasteiger partial charge in [-0.3, -0.25) is 4.98 Å². The smallest absolute Gasteiger partial charge is 0.0708 e. The van der Waals surface area contributed by atoms with E-state index in [0.717, 1.165) is 11.1 Å². The van der Waals surface area contributed by atoms with Gasteiger partial charge in [0, 0.05) is 11.6 Å². The van der Waals surface area contributed by atoms with Crippen molar-refractivity contribution < 1.29 is 0 Å². The first kappa shape index (κ1) is 9.66. The van der Waals surface area contributed by atoms with Gasteiger partial charge in [0.15, 0.2) is 0 Å². The minimum Gasteiger partial charge on any atom is -0.256 e. The molecule has 0 saturated carbocycles. The third kappa shape index (κ3) is 1.68. The predicted octanol–water partition coefficient (Wildman–Crippen LogP) is 3.91. The Balaban J connectivity index is 2.84. The maximum absolute atomic E-state index is 4.33. The molecule has 0 unspecified atom stereocenters. The van der Waals surface area contributed by atoms with Crippen molar-refractivity contribution in [1.29, 1.82) is 0 Å². The van der Waals surface area contributed by atoms with Gasteiger partial charge in [0.05, 0.1) is 5.52 Å². The molecule has 2 rings (SSSR count). The Morgan fingerprint density at radius 1 is 1.27 bits per heavy atom. The van der Waals surface area contributed by atoms with Crippen LogP contribution in [0.2, 0.25) is 0 Å². The van der Waals surface area contributed by atoms with E-state index < -0.39 is 0 Å². The average Bonchev–Trinajstić information content (AvgIpc) is 2.30. The molecule has 1 heterocycles. The molecule has 0 radical (unpaired) electrons. The minimum absolute atomic E-state index is 1.02. The molecule has 1 aromatic carbocycles. The van der Waals surface area contributed by atoms with E-state index >= 15 is 0 Å². The molecule has 74 valence electrons. The van der Waals surface area contributed by atoms with Crippen LogP contribution >= 0.6 is 0 Å². The molecule has 0 saturated heterocycles. The first-order valence-electron chi connectivity index (χ1n) is 4.99. The van der Waals surface area contributed by atoms with Gasteiger partial charge in [0.25, 0.3) is 0 Å². The summed E-state index contributed by atoms with van der Waals surface area (Å²) in [6, 6.07) is 8.13. The number of hydrogen-bond acceptors (Lipinski definition) is 1. The number of fused-ring (bicyclic) bond motifs is 1. The molecule has 0 spiro atoms. The molecule has 15 heavy (non-hydrogen) atoms. The number of pyridine rings is 1. The molecule has 1 heteroatoms. The van der Waals surface area contributed by atoms with Crippen molar-refractivity contribution in [2.45, 2.75) is 6.92 Å². The molecule has 0 aliphatic rings. The largest absolute Gasteiger partial charge is 0.256 e. The van der Waals surface area contributed by atoms with E-state index in [-0.39, 0.29) is 0 Å². The van der Waals surface area contributed by atoms with Gasteiger partial charge in [0.2, 0.25) is 0 Å². The maximum atomic E-state index is 4.33. The zero-order chi connectivity index (χ0) is 10.7. The second kappa shape index (κ2) is 4.09. The maximum Gasteiger partial charge on any atom is 0.0708 e. The van der Waals surface area contributed by atoms with Crippen LogP contribution in [-0.4, -0.2) is 4.98 Å². The molecule has 0 bridgehead atoms. The van der Waals surface area contributed by atoms with Gasteiger partial charge >= 0.3 is 0 Å². The minimum atomic E-state index is 1.02. The number of benzene rings is 1. The number of hydrogen-bond donors (Lipinski definition) is 0. The Morgan fingerprint density at radius 3 is 2.87 bits per heavy atom. The lowest BCUT2D eigenvalue weighted by molar-refractivity contribution is 1.41. The highest BCUT2D eigenvalue weighted by atomic mass is 14.6. The second-order valence-electron chi connectivity index (χ2n) is 3.34. The van der Waals surface area contributed by atoms with E-state index in [9.17, 15) is 0 Å². The molecule has 0 fully saturated rings. The summed E-state index contributed by atoms with van der Waals surface area (Å²) in [5.74, 6) is 0. The molecule has 0 aliphatic carbocycles. The summed E-state index contributed by atoms with van der Waals surface area (Å²) in [6.07, 6.45) is 7.83. The average molecular weight is 195 g/mol. The van der Waals surface area contributed by atoms with Crippen LogP contribution in [0.4, 0.5) is 0 Å². The van der Waals surface area contributed by atoms with Crippen LogP contribution in [0.1, 0.15) is 18.1 Å². The highest BCUT2D eigenvalue weighted by molar-refractivity contribution is 5.91. The standard InChI is InChI=1S/C14H13N/c1-3-6-12-11(4-2)8-9-14-13(12)7-5-10-15-14/h3-10H,2H2,1H3/b6-3-. The van der Waals surface area contributed by atoms with Crippen molar-refractivity contribution in [3.63, 3.8) is 0 Å². The fourth-order valence-corrected chi connectivity index (χ4v) is 1.72. The Morgan fingerprint density at radius 2 is 2.13 bits per heavy atom. The molecular formula is C14H13N. The zero-order valence-electron chi connectivity index (χ0n) is 8.77. The number of rotatable bonds is 2. The van der Waals surface area contributed by atoms with E-state index in [2.05, 4.69) is 29.8 Å². The van der Waals surface area contributed by atoms with E-state index in [0.29, 0.717) is 0 Å². The second-order valence-corrected chi connectivity index (χ2v) is 3.34. The van der Waals surface area contributed by atoms with Crippen LogP contribution < -0.4 is 0 Å². The van der Waals surface area contributed by atoms with E-state index in [4.69, 9.17) is 0 Å². The fraction of sp³-hybridized carbons (Fsp3) is 0.0714. The summed E-state index contributed by atoms with van der Waals surface area (Å²) >= 11 is 0. The first-order chi connectivity index (χ1) is 7.36. The molecule has 0 atom stereocenters. The molecule has 0 aliphatic heterocycles. The highest BCUT2D eigenvalue weighted by Crippen LogP contribution is 2.23. The van der Waals surface area contributed by atoms with Crippen LogP contribution in [0.15, 0.2) is 43.1 Å². The van der Waals surface area contributed by atoms with Crippen LogP contribution in [0, 0.1) is 0 Å². The number of aromatic nitrogens is 1. The van der Waals surface area contributed by atoms with Gasteiger partial charge in [-0.15, -0.1) is 0 Å². The van der Waals surface area contributed by atoms with Gasteiger partial charge in [-0.2, -0.15) is 0 Å². The lowest BCUT2D eigenvalue weighted by atomic mass is 10.0. The van der Waals surface area contributed by atoms with Crippen molar-refractivity contribution in [3.8, 4) is 0 Å². The van der Waals surface area contributed by atoms with Crippen molar-refractivity contribution in [2.75, 3.05) is 0 Å². The molecule has 1 nitrogen and oxygen atoms in total. The van der Waals surface area contributed by atoms with E-state index in [1.165, 1.54) is 10.9 Å². The highest BCUT2D eigenvalue weighted by Gasteiger charge is 2.02. The van der Waals surface area contributed by atoms with E-state index in [1.807, 2.05) is 37.4 Å². The van der Waals surface area contributed by atoms with Gasteiger partial charge in [0.1, 0.15) is 0 Å². The molecular weight excluding hydrogens is 182 g/mol. The Labute approximate surface area is 89.8 Å². The molecule has 1 aromatic heterocycles. The monoisotopic (exact) mass is 195 g/mol. The van der Waals surface area contributed by atoms with Crippen molar-refractivity contribution in [1.82, 2.24) is 4.98 Å². The molecule has 0 amide bonds. The number of allylic oxidation sites excluding steroid dienone is 1. The van der Waals surface area contributed by atoms with Crippen LogP contribution in [0.25, 0.3) is 23.1 Å².